The SMILES string of the molecule is CC1CCCN(S(=O)(=O)c2ccnc(N)c2)C1C. The van der Waals surface area contributed by atoms with Crippen LogP contribution in [0.3, 0.4) is 0 Å². The zero-order chi connectivity index (χ0) is 13.3. The number of nitrogens with zero attached hydrogens (tertiary/aromatic N) is 2. The molecular formula is C12H19N3O2S. The highest BCUT2D eigenvalue weighted by atomic mass is 32.2. The Morgan fingerprint density at radius 3 is 2.83 bits per heavy atom. The summed E-state index contributed by atoms with van der Waals surface area (Å²) in [6.07, 6.45) is 3.41. The van der Waals surface area contributed by atoms with Gasteiger partial charge in [-0.25, -0.2) is 13.4 Å². The number of hydrogen-bond acceptors (Lipinski definition) is 4. The maximum Gasteiger partial charge on any atom is 0.243 e. The molecule has 0 radical (unpaired) electrons. The van der Waals surface area contributed by atoms with Gasteiger partial charge in [-0.3, -0.25) is 0 Å². The van der Waals surface area contributed by atoms with Crippen LogP contribution in [0.4, 0.5) is 5.82 Å². The maximum absolute atomic E-state index is 12.5. The molecule has 1 aromatic rings. The molecule has 1 aromatic heterocycles. The molecule has 0 aromatic carbocycles. The number of anilines is 1. The molecule has 0 amide bonds. The Bertz CT molecular complexity index is 530. The van der Waals surface area contributed by atoms with Crippen LogP contribution in [0.2, 0.25) is 0 Å². The molecule has 2 heterocycles. The second kappa shape index (κ2) is 4.85. The van der Waals surface area contributed by atoms with Crippen LogP contribution in [0.25, 0.3) is 0 Å². The van der Waals surface area contributed by atoms with Crippen molar-refractivity contribution in [1.29, 1.82) is 0 Å². The molecule has 1 fully saturated rings. The van der Waals surface area contributed by atoms with E-state index in [2.05, 4.69) is 11.9 Å². The molecule has 100 valence electrons. The fraction of sp³-hybridized carbons (Fsp3) is 0.583. The molecule has 0 spiro atoms. The van der Waals surface area contributed by atoms with Gasteiger partial charge in [-0.15, -0.1) is 0 Å². The third-order valence-electron chi connectivity index (χ3n) is 3.67. The zero-order valence-electron chi connectivity index (χ0n) is 10.7. The van der Waals surface area contributed by atoms with Gasteiger partial charge < -0.3 is 5.73 Å². The van der Waals surface area contributed by atoms with Gasteiger partial charge in [0.15, 0.2) is 0 Å². The quantitative estimate of drug-likeness (QED) is 0.882. The number of hydrogen-bond donors (Lipinski definition) is 1. The standard InChI is InChI=1S/C12H19N3O2S/c1-9-4-3-7-15(10(9)2)18(16,17)11-5-6-14-12(13)8-11/h5-6,8-10H,3-4,7H2,1-2H3,(H2,13,14). The highest BCUT2D eigenvalue weighted by molar-refractivity contribution is 7.89. The maximum atomic E-state index is 12.5. The summed E-state index contributed by atoms with van der Waals surface area (Å²) in [5, 5.41) is 0. The van der Waals surface area contributed by atoms with Gasteiger partial charge in [-0.2, -0.15) is 4.31 Å². The second-order valence-corrected chi connectivity index (χ2v) is 6.78. The van der Waals surface area contributed by atoms with Crippen molar-refractivity contribution in [2.45, 2.75) is 37.6 Å². The van der Waals surface area contributed by atoms with E-state index in [0.717, 1.165) is 12.8 Å². The molecule has 2 unspecified atom stereocenters. The van der Waals surface area contributed by atoms with E-state index in [1.807, 2.05) is 6.92 Å². The lowest BCUT2D eigenvalue weighted by molar-refractivity contribution is 0.202. The van der Waals surface area contributed by atoms with E-state index in [4.69, 9.17) is 5.73 Å². The lowest BCUT2D eigenvalue weighted by Gasteiger charge is -2.36. The third kappa shape index (κ3) is 2.35. The zero-order valence-corrected chi connectivity index (χ0v) is 11.5. The van der Waals surface area contributed by atoms with E-state index in [1.54, 1.807) is 4.31 Å². The van der Waals surface area contributed by atoms with Crippen molar-refractivity contribution in [2.75, 3.05) is 12.3 Å². The number of piperidine rings is 1. The highest BCUT2D eigenvalue weighted by Crippen LogP contribution is 2.28. The minimum Gasteiger partial charge on any atom is -0.384 e. The Labute approximate surface area is 108 Å². The molecule has 2 rings (SSSR count). The average molecular weight is 269 g/mol. The summed E-state index contributed by atoms with van der Waals surface area (Å²) in [6, 6.07) is 2.94. The monoisotopic (exact) mass is 269 g/mol. The summed E-state index contributed by atoms with van der Waals surface area (Å²) < 4.78 is 26.7. The van der Waals surface area contributed by atoms with Crippen LogP contribution in [0, 0.1) is 5.92 Å². The van der Waals surface area contributed by atoms with Crippen molar-refractivity contribution < 1.29 is 8.42 Å². The summed E-state index contributed by atoms with van der Waals surface area (Å²) in [5.41, 5.74) is 5.55. The Morgan fingerprint density at radius 2 is 2.17 bits per heavy atom. The smallest absolute Gasteiger partial charge is 0.243 e. The fourth-order valence-corrected chi connectivity index (χ4v) is 4.15. The number of rotatable bonds is 2. The van der Waals surface area contributed by atoms with Gasteiger partial charge in [0.2, 0.25) is 10.0 Å². The molecule has 5 nitrogen and oxygen atoms in total. The van der Waals surface area contributed by atoms with Crippen LogP contribution in [0.15, 0.2) is 23.2 Å². The molecule has 18 heavy (non-hydrogen) atoms. The second-order valence-electron chi connectivity index (χ2n) is 4.89. The van der Waals surface area contributed by atoms with Crippen molar-refractivity contribution in [3.05, 3.63) is 18.3 Å². The van der Waals surface area contributed by atoms with E-state index in [9.17, 15) is 8.42 Å². The summed E-state index contributed by atoms with van der Waals surface area (Å²) in [7, 11) is -3.45. The van der Waals surface area contributed by atoms with Crippen LogP contribution >= 0.6 is 0 Å². The number of aromatic nitrogens is 1. The van der Waals surface area contributed by atoms with Crippen LogP contribution in [0.5, 0.6) is 0 Å². The van der Waals surface area contributed by atoms with E-state index in [0.29, 0.717) is 12.5 Å². The van der Waals surface area contributed by atoms with Crippen LogP contribution in [0.1, 0.15) is 26.7 Å². The van der Waals surface area contributed by atoms with E-state index in [-0.39, 0.29) is 16.8 Å². The third-order valence-corrected chi connectivity index (χ3v) is 5.66. The van der Waals surface area contributed by atoms with Crippen molar-refractivity contribution >= 4 is 15.8 Å². The molecule has 0 bridgehead atoms. The molecule has 2 atom stereocenters. The first-order chi connectivity index (χ1) is 8.43. The Kier molecular flexibility index (Phi) is 3.59. The lowest BCUT2D eigenvalue weighted by atomic mass is 9.94. The fourth-order valence-electron chi connectivity index (χ4n) is 2.36. The van der Waals surface area contributed by atoms with E-state index >= 15 is 0 Å². The summed E-state index contributed by atoms with van der Waals surface area (Å²) in [4.78, 5) is 4.06. The van der Waals surface area contributed by atoms with E-state index in [1.165, 1.54) is 18.3 Å². The summed E-state index contributed by atoms with van der Waals surface area (Å²) in [6.45, 7) is 4.63. The number of nitrogen functional groups attached to an aromatic ring is 1. The van der Waals surface area contributed by atoms with Gasteiger partial charge in [-0.05, 0) is 31.7 Å². The molecule has 2 N–H and O–H groups in total. The van der Waals surface area contributed by atoms with Crippen molar-refractivity contribution in [3.8, 4) is 0 Å². The average Bonchev–Trinajstić information content (AvgIpc) is 2.32. The molecule has 1 aliphatic rings. The molecule has 0 aliphatic carbocycles. The normalized spacial score (nSPS) is 26.1. The molecule has 0 saturated carbocycles. The highest BCUT2D eigenvalue weighted by Gasteiger charge is 2.34. The molecule has 1 saturated heterocycles. The molecule has 1 aliphatic heterocycles. The largest absolute Gasteiger partial charge is 0.384 e. The van der Waals surface area contributed by atoms with Gasteiger partial charge in [0.1, 0.15) is 5.82 Å². The Hall–Kier alpha value is -1.14. The summed E-state index contributed by atoms with van der Waals surface area (Å²) >= 11 is 0. The minimum atomic E-state index is -3.45. The van der Waals surface area contributed by atoms with Gasteiger partial charge in [0.25, 0.3) is 0 Å². The number of sulfonamides is 1. The van der Waals surface area contributed by atoms with Gasteiger partial charge in [0.05, 0.1) is 4.90 Å². The Balaban J connectivity index is 2.36. The summed E-state index contributed by atoms with van der Waals surface area (Å²) in [5.74, 6) is 0.612. The Morgan fingerprint density at radius 1 is 1.44 bits per heavy atom. The predicted molar refractivity (Wildman–Crippen MR) is 70.4 cm³/mol. The van der Waals surface area contributed by atoms with Gasteiger partial charge >= 0.3 is 0 Å². The van der Waals surface area contributed by atoms with Crippen LogP contribution in [-0.2, 0) is 10.0 Å². The minimum absolute atomic E-state index is 0.0261. The number of nitrogens with two attached hydrogens (primary N) is 1. The van der Waals surface area contributed by atoms with Crippen LogP contribution < -0.4 is 5.73 Å². The molecule has 6 heteroatoms. The van der Waals surface area contributed by atoms with Crippen molar-refractivity contribution in [1.82, 2.24) is 9.29 Å². The van der Waals surface area contributed by atoms with E-state index < -0.39 is 10.0 Å². The first-order valence-electron chi connectivity index (χ1n) is 6.16. The van der Waals surface area contributed by atoms with Gasteiger partial charge in [0, 0.05) is 24.8 Å². The first-order valence-corrected chi connectivity index (χ1v) is 7.60. The van der Waals surface area contributed by atoms with Crippen molar-refractivity contribution in [3.63, 3.8) is 0 Å². The van der Waals surface area contributed by atoms with Gasteiger partial charge in [-0.1, -0.05) is 6.92 Å². The first kappa shape index (κ1) is 13.3. The lowest BCUT2D eigenvalue weighted by Crippen LogP contribution is -2.45. The van der Waals surface area contributed by atoms with Crippen molar-refractivity contribution in [2.24, 2.45) is 5.92 Å². The van der Waals surface area contributed by atoms with Crippen LogP contribution in [-0.4, -0.2) is 30.3 Å². The number of pyridine rings is 1. The predicted octanol–water partition coefficient (Wildman–Crippen LogP) is 1.47. The topological polar surface area (TPSA) is 76.3 Å². The molecular weight excluding hydrogens is 250 g/mol.